The molecule has 0 saturated heterocycles. The van der Waals surface area contributed by atoms with Crippen LogP contribution in [-0.2, 0) is 17.7 Å². The normalized spacial score (nSPS) is 15.1. The molecule has 1 amide bonds. The van der Waals surface area contributed by atoms with Gasteiger partial charge in [0.05, 0.1) is 0 Å². The molecule has 0 radical (unpaired) electrons. The zero-order chi connectivity index (χ0) is 16.9. The van der Waals surface area contributed by atoms with Crippen molar-refractivity contribution >= 4 is 17.7 Å². The highest BCUT2D eigenvalue weighted by molar-refractivity contribution is 6.30. The smallest absolute Gasteiger partial charge is 0.407 e. The summed E-state index contributed by atoms with van der Waals surface area (Å²) < 4.78 is 5.21. The average molecular weight is 339 g/mol. The molecule has 1 aromatic rings. The van der Waals surface area contributed by atoms with E-state index < -0.39 is 5.60 Å². The van der Waals surface area contributed by atoms with E-state index in [9.17, 15) is 4.79 Å². The van der Waals surface area contributed by atoms with Gasteiger partial charge in [-0.05, 0) is 69.8 Å². The van der Waals surface area contributed by atoms with Crippen LogP contribution in [0.3, 0.4) is 0 Å². The number of fused-ring (bicyclic) bond motifs is 1. The lowest BCUT2D eigenvalue weighted by Gasteiger charge is -2.28. The van der Waals surface area contributed by atoms with Crippen molar-refractivity contribution in [2.24, 2.45) is 0 Å². The van der Waals surface area contributed by atoms with Crippen LogP contribution in [0.4, 0.5) is 4.79 Å². The number of hydrogen-bond acceptors (Lipinski definition) is 3. The third kappa shape index (κ3) is 6.40. The van der Waals surface area contributed by atoms with Gasteiger partial charge in [-0.2, -0.15) is 0 Å². The van der Waals surface area contributed by atoms with Gasteiger partial charge >= 0.3 is 6.09 Å². The number of hydrogen-bond donors (Lipinski definition) is 1. The van der Waals surface area contributed by atoms with Crippen LogP contribution in [0.2, 0.25) is 5.02 Å². The van der Waals surface area contributed by atoms with Crippen LogP contribution >= 0.6 is 11.6 Å². The van der Waals surface area contributed by atoms with Gasteiger partial charge in [0.15, 0.2) is 0 Å². The molecule has 2 rings (SSSR count). The number of nitrogens with zero attached hydrogens (tertiary/aromatic N) is 1. The molecule has 1 aliphatic heterocycles. The van der Waals surface area contributed by atoms with E-state index >= 15 is 0 Å². The Bertz CT molecular complexity index is 540. The first-order valence-electron chi connectivity index (χ1n) is 8.30. The Morgan fingerprint density at radius 3 is 2.83 bits per heavy atom. The largest absolute Gasteiger partial charge is 0.444 e. The van der Waals surface area contributed by atoms with Crippen LogP contribution in [0.5, 0.6) is 0 Å². The van der Waals surface area contributed by atoms with Crippen molar-refractivity contribution in [1.82, 2.24) is 10.2 Å². The highest BCUT2D eigenvalue weighted by atomic mass is 35.5. The second-order valence-corrected chi connectivity index (χ2v) is 7.51. The number of carbonyl (C=O) groups excluding carboxylic acids is 1. The number of nitrogens with one attached hydrogen (secondary N) is 1. The van der Waals surface area contributed by atoms with Gasteiger partial charge < -0.3 is 10.1 Å². The molecule has 1 aliphatic rings. The predicted octanol–water partition coefficient (Wildman–Crippen LogP) is 4.00. The minimum atomic E-state index is -0.436. The fraction of sp³-hybridized carbons (Fsp3) is 0.611. The number of alkyl carbamates (subject to hydrolysis) is 1. The first-order chi connectivity index (χ1) is 10.8. The number of benzene rings is 1. The molecule has 128 valence electrons. The Kier molecular flexibility index (Phi) is 6.31. The summed E-state index contributed by atoms with van der Waals surface area (Å²) in [6.45, 7) is 9.39. The predicted molar refractivity (Wildman–Crippen MR) is 93.9 cm³/mol. The number of unbranched alkanes of at least 4 members (excludes halogenated alkanes) is 1. The van der Waals surface area contributed by atoms with E-state index in [-0.39, 0.29) is 6.09 Å². The van der Waals surface area contributed by atoms with Crippen molar-refractivity contribution in [2.75, 3.05) is 19.6 Å². The summed E-state index contributed by atoms with van der Waals surface area (Å²) in [5.74, 6) is 0. The van der Waals surface area contributed by atoms with Crippen LogP contribution in [0.1, 0.15) is 44.7 Å². The Balaban J connectivity index is 1.62. The maximum atomic E-state index is 11.5. The van der Waals surface area contributed by atoms with E-state index in [1.807, 2.05) is 26.8 Å². The quantitative estimate of drug-likeness (QED) is 0.825. The fourth-order valence-electron chi connectivity index (χ4n) is 2.74. The summed E-state index contributed by atoms with van der Waals surface area (Å²) in [6, 6.07) is 6.18. The molecule has 1 heterocycles. The molecular formula is C18H27ClN2O2. The lowest BCUT2D eigenvalue weighted by Crippen LogP contribution is -2.34. The van der Waals surface area contributed by atoms with Crippen molar-refractivity contribution in [3.63, 3.8) is 0 Å². The van der Waals surface area contributed by atoms with Crippen molar-refractivity contribution in [3.05, 3.63) is 34.3 Å². The van der Waals surface area contributed by atoms with Crippen LogP contribution in [0.25, 0.3) is 0 Å². The van der Waals surface area contributed by atoms with Gasteiger partial charge in [-0.3, -0.25) is 4.90 Å². The van der Waals surface area contributed by atoms with Crippen molar-refractivity contribution < 1.29 is 9.53 Å². The summed E-state index contributed by atoms with van der Waals surface area (Å²) in [5, 5.41) is 3.63. The molecule has 0 spiro atoms. The van der Waals surface area contributed by atoms with E-state index in [4.69, 9.17) is 16.3 Å². The Morgan fingerprint density at radius 1 is 1.30 bits per heavy atom. The van der Waals surface area contributed by atoms with Crippen molar-refractivity contribution in [1.29, 1.82) is 0 Å². The summed E-state index contributed by atoms with van der Waals surface area (Å²) in [4.78, 5) is 14.0. The first kappa shape index (κ1) is 18.1. The fourth-order valence-corrected chi connectivity index (χ4v) is 2.93. The monoisotopic (exact) mass is 338 g/mol. The average Bonchev–Trinajstić information content (AvgIpc) is 2.45. The molecule has 1 N–H and O–H groups in total. The lowest BCUT2D eigenvalue weighted by molar-refractivity contribution is 0.0526. The summed E-state index contributed by atoms with van der Waals surface area (Å²) >= 11 is 6.04. The standard InChI is InChI=1S/C18H27ClN2O2/c1-18(2,3)23-17(22)20-9-4-5-10-21-11-8-14-12-16(19)7-6-15(14)13-21/h6-7,12H,4-5,8-11,13H2,1-3H3,(H,20,22). The maximum absolute atomic E-state index is 11.5. The van der Waals surface area contributed by atoms with Gasteiger partial charge in [-0.15, -0.1) is 0 Å². The van der Waals surface area contributed by atoms with Gasteiger partial charge in [0.25, 0.3) is 0 Å². The third-order valence-electron chi connectivity index (χ3n) is 3.83. The molecule has 1 aromatic carbocycles. The molecule has 0 atom stereocenters. The Morgan fingerprint density at radius 2 is 2.09 bits per heavy atom. The van der Waals surface area contributed by atoms with Crippen LogP contribution in [0, 0.1) is 0 Å². The topological polar surface area (TPSA) is 41.6 Å². The van der Waals surface area contributed by atoms with Gasteiger partial charge in [0.2, 0.25) is 0 Å². The van der Waals surface area contributed by atoms with E-state index in [1.54, 1.807) is 0 Å². The van der Waals surface area contributed by atoms with Crippen LogP contribution < -0.4 is 5.32 Å². The SMILES string of the molecule is CC(C)(C)OC(=O)NCCCCN1CCc2cc(Cl)ccc2C1. The van der Waals surface area contributed by atoms with E-state index in [0.29, 0.717) is 6.54 Å². The molecule has 0 bridgehead atoms. The van der Waals surface area contributed by atoms with Gasteiger partial charge in [0, 0.05) is 24.7 Å². The maximum Gasteiger partial charge on any atom is 0.407 e. The highest BCUT2D eigenvalue weighted by Crippen LogP contribution is 2.22. The van der Waals surface area contributed by atoms with Crippen molar-refractivity contribution in [2.45, 2.75) is 52.2 Å². The minimum absolute atomic E-state index is 0.332. The molecular weight excluding hydrogens is 312 g/mol. The Hall–Kier alpha value is -1.26. The molecule has 0 fully saturated rings. The van der Waals surface area contributed by atoms with E-state index in [2.05, 4.69) is 22.3 Å². The Labute approximate surface area is 144 Å². The molecule has 5 heteroatoms. The lowest BCUT2D eigenvalue weighted by atomic mass is 10.00. The molecule has 23 heavy (non-hydrogen) atoms. The third-order valence-corrected chi connectivity index (χ3v) is 4.06. The molecule has 0 saturated carbocycles. The van der Waals surface area contributed by atoms with Gasteiger partial charge in [0.1, 0.15) is 5.60 Å². The van der Waals surface area contributed by atoms with Crippen molar-refractivity contribution in [3.8, 4) is 0 Å². The molecule has 0 aliphatic carbocycles. The molecule has 0 unspecified atom stereocenters. The number of carbonyl (C=O) groups is 1. The highest BCUT2D eigenvalue weighted by Gasteiger charge is 2.17. The van der Waals surface area contributed by atoms with E-state index in [0.717, 1.165) is 43.9 Å². The second kappa shape index (κ2) is 8.02. The number of halogens is 1. The number of rotatable bonds is 5. The summed E-state index contributed by atoms with van der Waals surface area (Å²) in [7, 11) is 0. The zero-order valence-corrected chi connectivity index (χ0v) is 15.1. The molecule has 0 aromatic heterocycles. The van der Waals surface area contributed by atoms with Crippen LogP contribution in [-0.4, -0.2) is 36.2 Å². The first-order valence-corrected chi connectivity index (χ1v) is 8.68. The number of amides is 1. The number of ether oxygens (including phenoxy) is 1. The van der Waals surface area contributed by atoms with Gasteiger partial charge in [-0.25, -0.2) is 4.79 Å². The summed E-state index contributed by atoms with van der Waals surface area (Å²) in [5.41, 5.74) is 2.32. The van der Waals surface area contributed by atoms with E-state index in [1.165, 1.54) is 11.1 Å². The zero-order valence-electron chi connectivity index (χ0n) is 14.3. The second-order valence-electron chi connectivity index (χ2n) is 7.07. The van der Waals surface area contributed by atoms with Gasteiger partial charge in [-0.1, -0.05) is 17.7 Å². The molecule has 4 nitrogen and oxygen atoms in total. The minimum Gasteiger partial charge on any atom is -0.444 e. The summed E-state index contributed by atoms with van der Waals surface area (Å²) in [6.07, 6.45) is 2.76. The van der Waals surface area contributed by atoms with Crippen LogP contribution in [0.15, 0.2) is 18.2 Å².